The van der Waals surface area contributed by atoms with Gasteiger partial charge >= 0.3 is 11.9 Å². The molecule has 1 atom stereocenters. The number of esters is 2. The summed E-state index contributed by atoms with van der Waals surface area (Å²) in [6.45, 7) is 15.9. The van der Waals surface area contributed by atoms with Crippen LogP contribution in [-0.2, 0) is 27.9 Å². The molecule has 0 aromatic carbocycles. The largest absolute Gasteiger partial charge is 0.463 e. The Morgan fingerprint density at radius 2 is 1.33 bits per heavy atom. The zero-order valence-electron chi connectivity index (χ0n) is 20.3. The molecule has 0 aromatic rings. The first kappa shape index (κ1) is 29.0. The Kier molecular flexibility index (Phi) is 15.3. The van der Waals surface area contributed by atoms with Crippen molar-refractivity contribution >= 4 is 28.6 Å². The van der Waals surface area contributed by atoms with E-state index in [4.69, 9.17) is 18.3 Å². The van der Waals surface area contributed by atoms with E-state index in [-0.39, 0.29) is 12.3 Å². The number of hydrogen-bond donors (Lipinski definition) is 0. The number of carbonyl (C=O) groups excluding carboxylic acids is 2. The van der Waals surface area contributed by atoms with Crippen LogP contribution in [0, 0.1) is 0 Å². The van der Waals surface area contributed by atoms with Gasteiger partial charge in [0.1, 0.15) is 12.3 Å². The van der Waals surface area contributed by atoms with E-state index in [1.807, 2.05) is 6.92 Å². The summed E-state index contributed by atoms with van der Waals surface area (Å²) in [6.07, 6.45) is 9.88. The van der Waals surface area contributed by atoms with Crippen molar-refractivity contribution in [3.05, 3.63) is 12.2 Å². The van der Waals surface area contributed by atoms with Crippen LogP contribution in [0.4, 0.5) is 0 Å². The number of carbonyl (C=O) groups is 2. The van der Waals surface area contributed by atoms with E-state index < -0.39 is 28.6 Å². The summed E-state index contributed by atoms with van der Waals surface area (Å²) in [5.41, 5.74) is -0.249. The van der Waals surface area contributed by atoms with Crippen LogP contribution in [-0.4, -0.2) is 54.1 Å². The summed E-state index contributed by atoms with van der Waals surface area (Å²) < 4.78 is 22.8. The molecular formula is C22H44O6Si2. The summed E-state index contributed by atoms with van der Waals surface area (Å²) in [6, 6.07) is 0. The lowest BCUT2D eigenvalue weighted by molar-refractivity contribution is -0.142. The van der Waals surface area contributed by atoms with Crippen molar-refractivity contribution in [3.8, 4) is 0 Å². The van der Waals surface area contributed by atoms with Crippen molar-refractivity contribution in [2.75, 3.05) is 19.8 Å². The molecule has 0 heterocycles. The van der Waals surface area contributed by atoms with E-state index in [1.54, 1.807) is 0 Å². The van der Waals surface area contributed by atoms with E-state index in [2.05, 4.69) is 39.7 Å². The molecule has 1 unspecified atom stereocenters. The summed E-state index contributed by atoms with van der Waals surface area (Å²) in [5.74, 6) is -1.09. The Balaban J connectivity index is 4.38. The third-order valence-corrected chi connectivity index (χ3v) is 10.8. The zero-order valence-corrected chi connectivity index (χ0v) is 22.3. The number of unbranched alkanes of at least 4 members (excludes halogenated alkanes) is 5. The highest BCUT2D eigenvalue weighted by molar-refractivity contribution is 6.84. The molecule has 0 rings (SSSR count). The van der Waals surface area contributed by atoms with Gasteiger partial charge in [0, 0.05) is 18.8 Å². The van der Waals surface area contributed by atoms with E-state index in [0.29, 0.717) is 13.2 Å². The van der Waals surface area contributed by atoms with Gasteiger partial charge in [0.2, 0.25) is 8.32 Å². The van der Waals surface area contributed by atoms with Gasteiger partial charge in [0.25, 0.3) is 0 Å². The van der Waals surface area contributed by atoms with Crippen LogP contribution < -0.4 is 0 Å². The van der Waals surface area contributed by atoms with Crippen LogP contribution in [0.1, 0.15) is 58.8 Å². The highest BCUT2D eigenvalue weighted by Crippen LogP contribution is 2.20. The van der Waals surface area contributed by atoms with Crippen molar-refractivity contribution in [1.82, 2.24) is 0 Å². The molecule has 30 heavy (non-hydrogen) atoms. The molecule has 0 aromatic heterocycles. The molecule has 6 nitrogen and oxygen atoms in total. The molecular weight excluding hydrogens is 416 g/mol. The maximum atomic E-state index is 12.0. The summed E-state index contributed by atoms with van der Waals surface area (Å²) >= 11 is 0. The molecule has 0 aliphatic carbocycles. The number of rotatable bonds is 17. The van der Waals surface area contributed by atoms with E-state index in [1.165, 1.54) is 19.3 Å². The van der Waals surface area contributed by atoms with Gasteiger partial charge in [-0.3, -0.25) is 0 Å². The lowest BCUT2D eigenvalue weighted by Gasteiger charge is -2.37. The second-order valence-corrected chi connectivity index (χ2v) is 18.0. The van der Waals surface area contributed by atoms with Crippen LogP contribution in [0.3, 0.4) is 0 Å². The van der Waals surface area contributed by atoms with Gasteiger partial charge in [-0.05, 0) is 45.6 Å². The minimum absolute atomic E-state index is 0.125. The minimum Gasteiger partial charge on any atom is -0.463 e. The van der Waals surface area contributed by atoms with Gasteiger partial charge in [0.05, 0.1) is 6.61 Å². The Morgan fingerprint density at radius 3 is 1.90 bits per heavy atom. The monoisotopic (exact) mass is 460 g/mol. The molecule has 0 aliphatic heterocycles. The number of hydrogen-bond acceptors (Lipinski definition) is 6. The maximum Gasteiger partial charge on any atom is 0.331 e. The van der Waals surface area contributed by atoms with Crippen LogP contribution in [0.2, 0.25) is 32.7 Å². The minimum atomic E-state index is -2.20. The molecule has 0 radical (unpaired) electrons. The van der Waals surface area contributed by atoms with Gasteiger partial charge in [-0.25, -0.2) is 9.59 Å². The lowest BCUT2D eigenvalue weighted by Crippen LogP contribution is -2.54. The van der Waals surface area contributed by atoms with E-state index >= 15 is 0 Å². The molecule has 0 N–H and O–H groups in total. The second-order valence-electron chi connectivity index (χ2n) is 9.08. The van der Waals surface area contributed by atoms with Crippen LogP contribution >= 0.6 is 0 Å². The molecule has 8 heteroatoms. The first-order chi connectivity index (χ1) is 14.0. The molecule has 176 valence electrons. The summed E-state index contributed by atoms with van der Waals surface area (Å²) in [4.78, 5) is 23.8. The van der Waals surface area contributed by atoms with E-state index in [0.717, 1.165) is 37.8 Å². The Labute approximate surface area is 185 Å². The third kappa shape index (κ3) is 15.8. The fourth-order valence-corrected chi connectivity index (χ4v) is 10.9. The van der Waals surface area contributed by atoms with Crippen molar-refractivity contribution < 1.29 is 27.9 Å². The van der Waals surface area contributed by atoms with Crippen molar-refractivity contribution in [2.45, 2.75) is 97.3 Å². The van der Waals surface area contributed by atoms with Gasteiger partial charge in [-0.1, -0.05) is 46.0 Å². The quantitative estimate of drug-likeness (QED) is 0.126. The predicted molar refractivity (Wildman–Crippen MR) is 126 cm³/mol. The van der Waals surface area contributed by atoms with Gasteiger partial charge in [-0.15, -0.1) is 0 Å². The van der Waals surface area contributed by atoms with Crippen molar-refractivity contribution in [2.24, 2.45) is 0 Å². The smallest absolute Gasteiger partial charge is 0.331 e. The highest BCUT2D eigenvalue weighted by atomic mass is 28.4. The normalized spacial score (nSPS) is 13.4. The maximum absolute atomic E-state index is 12.0. The topological polar surface area (TPSA) is 71.1 Å². The summed E-state index contributed by atoms with van der Waals surface area (Å²) in [7, 11) is -3.95. The molecule has 0 aliphatic rings. The lowest BCUT2D eigenvalue weighted by atomic mass is 10.1. The van der Waals surface area contributed by atoms with Crippen molar-refractivity contribution in [3.63, 3.8) is 0 Å². The fourth-order valence-electron chi connectivity index (χ4n) is 3.01. The third-order valence-electron chi connectivity index (χ3n) is 4.34. The highest BCUT2D eigenvalue weighted by Gasteiger charge is 2.39. The van der Waals surface area contributed by atoms with Gasteiger partial charge < -0.3 is 18.3 Å². The Morgan fingerprint density at radius 1 is 0.767 bits per heavy atom. The van der Waals surface area contributed by atoms with E-state index in [9.17, 15) is 9.59 Å². The fraction of sp³-hybridized carbons (Fsp3) is 0.818. The van der Waals surface area contributed by atoms with Crippen LogP contribution in [0.25, 0.3) is 0 Å². The molecule has 0 spiro atoms. The van der Waals surface area contributed by atoms with Gasteiger partial charge in [-0.2, -0.15) is 0 Å². The standard InChI is InChI=1S/C22H44O6Si2/c1-8-10-11-12-13-14-18-25-20(23)15-16-21(24)27-19-22(26-17-9-2)30(6,7)28-29(3,4)5/h15-16,22H,8-14,17-19H2,1-7H3/b16-15+. The molecule has 0 saturated carbocycles. The molecule has 0 fully saturated rings. The van der Waals surface area contributed by atoms with Crippen LogP contribution in [0.15, 0.2) is 12.2 Å². The van der Waals surface area contributed by atoms with Crippen LogP contribution in [0.5, 0.6) is 0 Å². The average molecular weight is 461 g/mol. The first-order valence-corrected chi connectivity index (χ1v) is 17.7. The number of ether oxygens (including phenoxy) is 3. The second kappa shape index (κ2) is 15.8. The molecule has 0 bridgehead atoms. The summed E-state index contributed by atoms with van der Waals surface area (Å²) in [5, 5.41) is 0. The molecule has 0 saturated heterocycles. The Bertz CT molecular complexity index is 514. The Hall–Kier alpha value is -0.966. The van der Waals surface area contributed by atoms with Gasteiger partial charge in [0.15, 0.2) is 8.32 Å². The predicted octanol–water partition coefficient (Wildman–Crippen LogP) is 5.38. The SMILES string of the molecule is CCCCCCCCOC(=O)/C=C/C(=O)OCC(OCCC)[Si](C)(C)O[Si](C)(C)C. The molecule has 0 amide bonds. The average Bonchev–Trinajstić information content (AvgIpc) is 2.63. The van der Waals surface area contributed by atoms with Crippen molar-refractivity contribution in [1.29, 1.82) is 0 Å². The zero-order chi connectivity index (χ0) is 23.0. The first-order valence-electron chi connectivity index (χ1n) is 11.3.